The first kappa shape index (κ1) is 14.9. The summed E-state index contributed by atoms with van der Waals surface area (Å²) in [7, 11) is 3.47. The third-order valence-electron chi connectivity index (χ3n) is 3.06. The number of aromatic nitrogens is 2. The summed E-state index contributed by atoms with van der Waals surface area (Å²) in [6.07, 6.45) is 0.881. The number of rotatable bonds is 5. The Hall–Kier alpha value is -1.16. The van der Waals surface area contributed by atoms with Crippen molar-refractivity contribution in [1.29, 1.82) is 0 Å². The molecule has 0 aliphatic rings. The Morgan fingerprint density at radius 1 is 1.50 bits per heavy atom. The van der Waals surface area contributed by atoms with Gasteiger partial charge in [0.2, 0.25) is 0 Å². The molecule has 0 radical (unpaired) electrons. The largest absolute Gasteiger partial charge is 0.373 e. The van der Waals surface area contributed by atoms with Crippen molar-refractivity contribution in [2.24, 2.45) is 12.5 Å². The molecule has 1 rings (SSSR count). The molecule has 0 spiro atoms. The van der Waals surface area contributed by atoms with E-state index in [0.717, 1.165) is 17.8 Å². The van der Waals surface area contributed by atoms with Gasteiger partial charge in [0.1, 0.15) is 6.10 Å². The van der Waals surface area contributed by atoms with Crippen LogP contribution in [0.2, 0.25) is 0 Å². The highest BCUT2D eigenvalue weighted by atomic mass is 16.5. The third-order valence-corrected chi connectivity index (χ3v) is 3.06. The molecule has 0 amide bonds. The van der Waals surface area contributed by atoms with Crippen LogP contribution < -0.4 is 0 Å². The normalized spacial score (nSPS) is 13.7. The van der Waals surface area contributed by atoms with Crippen molar-refractivity contribution in [1.82, 2.24) is 9.78 Å². The maximum atomic E-state index is 12.3. The molecule has 0 aromatic carbocycles. The van der Waals surface area contributed by atoms with E-state index in [1.807, 2.05) is 33.9 Å². The molecular weight excluding hydrogens is 228 g/mol. The van der Waals surface area contributed by atoms with Crippen molar-refractivity contribution in [2.75, 3.05) is 7.11 Å². The average Bonchev–Trinajstić information content (AvgIpc) is 2.58. The first-order chi connectivity index (χ1) is 8.29. The second kappa shape index (κ2) is 5.65. The minimum absolute atomic E-state index is 0.107. The first-order valence-corrected chi connectivity index (χ1v) is 6.36. The Morgan fingerprint density at radius 2 is 2.11 bits per heavy atom. The number of carbonyl (C=O) groups excluding carboxylic acids is 1. The minimum Gasteiger partial charge on any atom is -0.373 e. The number of carbonyl (C=O) groups is 1. The molecule has 0 aliphatic carbocycles. The summed E-state index contributed by atoms with van der Waals surface area (Å²) in [5, 5.41) is 4.35. The highest BCUT2D eigenvalue weighted by Gasteiger charge is 2.31. The van der Waals surface area contributed by atoms with Crippen molar-refractivity contribution >= 4 is 5.78 Å². The van der Waals surface area contributed by atoms with Gasteiger partial charge in [-0.3, -0.25) is 9.48 Å². The lowest BCUT2D eigenvalue weighted by molar-refractivity contribution is -0.134. The number of hydrogen-bond acceptors (Lipinski definition) is 3. The van der Waals surface area contributed by atoms with Gasteiger partial charge in [-0.2, -0.15) is 5.10 Å². The third kappa shape index (κ3) is 3.42. The smallest absolute Gasteiger partial charge is 0.167 e. The lowest BCUT2D eigenvalue weighted by Gasteiger charge is -2.27. The van der Waals surface area contributed by atoms with Gasteiger partial charge < -0.3 is 4.74 Å². The van der Waals surface area contributed by atoms with Gasteiger partial charge in [-0.1, -0.05) is 27.7 Å². The molecule has 1 aromatic rings. The fourth-order valence-electron chi connectivity index (χ4n) is 2.15. The van der Waals surface area contributed by atoms with Gasteiger partial charge in [0, 0.05) is 19.9 Å². The number of methoxy groups -OCH3 is 1. The summed E-state index contributed by atoms with van der Waals surface area (Å²) >= 11 is 0. The Labute approximate surface area is 109 Å². The van der Waals surface area contributed by atoms with Crippen LogP contribution in [0.1, 0.15) is 39.1 Å². The predicted molar refractivity (Wildman–Crippen MR) is 71.5 cm³/mol. The average molecular weight is 252 g/mol. The molecule has 0 saturated carbocycles. The van der Waals surface area contributed by atoms with Crippen LogP contribution in [0, 0.1) is 5.41 Å². The maximum Gasteiger partial charge on any atom is 0.167 e. The van der Waals surface area contributed by atoms with Crippen molar-refractivity contribution in [2.45, 2.75) is 46.6 Å². The predicted octanol–water partition coefficient (Wildman–Crippen LogP) is 2.16. The first-order valence-electron chi connectivity index (χ1n) is 6.36. The molecule has 18 heavy (non-hydrogen) atoms. The van der Waals surface area contributed by atoms with Gasteiger partial charge in [0.25, 0.3) is 0 Å². The van der Waals surface area contributed by atoms with Crippen LogP contribution in [0.4, 0.5) is 0 Å². The quantitative estimate of drug-likeness (QED) is 0.806. The number of hydrogen-bond donors (Lipinski definition) is 0. The molecule has 0 N–H and O–H groups in total. The molecule has 0 saturated heterocycles. The van der Waals surface area contributed by atoms with E-state index < -0.39 is 0 Å². The van der Waals surface area contributed by atoms with Crippen molar-refractivity contribution in [3.05, 3.63) is 17.5 Å². The topological polar surface area (TPSA) is 44.1 Å². The Morgan fingerprint density at radius 3 is 2.50 bits per heavy atom. The second-order valence-electron chi connectivity index (χ2n) is 5.73. The fourth-order valence-corrected chi connectivity index (χ4v) is 2.15. The zero-order valence-corrected chi connectivity index (χ0v) is 12.3. The van der Waals surface area contributed by atoms with Crippen LogP contribution in [-0.2, 0) is 29.4 Å². The summed E-state index contributed by atoms with van der Waals surface area (Å²) in [4.78, 5) is 12.3. The van der Waals surface area contributed by atoms with Crippen LogP contribution in [0.25, 0.3) is 0 Å². The Kier molecular flexibility index (Phi) is 4.68. The van der Waals surface area contributed by atoms with E-state index in [2.05, 4.69) is 12.0 Å². The van der Waals surface area contributed by atoms with Crippen LogP contribution in [0.3, 0.4) is 0 Å². The molecule has 102 valence electrons. The molecule has 0 aliphatic heterocycles. The van der Waals surface area contributed by atoms with E-state index in [4.69, 9.17) is 4.74 Å². The van der Waals surface area contributed by atoms with E-state index in [0.29, 0.717) is 6.42 Å². The van der Waals surface area contributed by atoms with E-state index >= 15 is 0 Å². The highest BCUT2D eigenvalue weighted by Crippen LogP contribution is 2.23. The minimum atomic E-state index is -0.377. The Balaban J connectivity index is 2.83. The van der Waals surface area contributed by atoms with Gasteiger partial charge in [0.15, 0.2) is 5.78 Å². The van der Waals surface area contributed by atoms with E-state index in [-0.39, 0.29) is 17.3 Å². The molecule has 0 bridgehead atoms. The van der Waals surface area contributed by atoms with Gasteiger partial charge in [-0.15, -0.1) is 0 Å². The summed E-state index contributed by atoms with van der Waals surface area (Å²) in [5.74, 6) is 0.107. The second-order valence-corrected chi connectivity index (χ2v) is 5.73. The van der Waals surface area contributed by atoms with E-state index in [9.17, 15) is 4.79 Å². The lowest BCUT2D eigenvalue weighted by Crippen LogP contribution is -2.37. The summed E-state index contributed by atoms with van der Waals surface area (Å²) in [6, 6.07) is 1.99. The lowest BCUT2D eigenvalue weighted by atomic mass is 9.85. The van der Waals surface area contributed by atoms with Crippen LogP contribution in [0.5, 0.6) is 0 Å². The highest BCUT2D eigenvalue weighted by molar-refractivity contribution is 5.85. The molecule has 1 unspecified atom stereocenters. The van der Waals surface area contributed by atoms with Gasteiger partial charge >= 0.3 is 0 Å². The standard InChI is InChI=1S/C14H24N2O2/c1-7-10-8-11(16(5)15-10)9-12(17)13(18-6)14(2,3)4/h8,13H,7,9H2,1-6H3. The molecule has 1 aromatic heterocycles. The number of aryl methyl sites for hydroxylation is 2. The van der Waals surface area contributed by atoms with Crippen LogP contribution in [-0.4, -0.2) is 28.8 Å². The summed E-state index contributed by atoms with van der Waals surface area (Å²) in [5.41, 5.74) is 1.78. The monoisotopic (exact) mass is 252 g/mol. The van der Waals surface area contributed by atoms with E-state index in [1.165, 1.54) is 0 Å². The van der Waals surface area contributed by atoms with E-state index in [1.54, 1.807) is 11.8 Å². The summed E-state index contributed by atoms with van der Waals surface area (Å²) in [6.45, 7) is 8.10. The number of nitrogens with zero attached hydrogens (tertiary/aromatic N) is 2. The maximum absolute atomic E-state index is 12.3. The van der Waals surface area contributed by atoms with Crippen LogP contribution in [0.15, 0.2) is 6.07 Å². The van der Waals surface area contributed by atoms with Gasteiger partial charge in [0.05, 0.1) is 12.1 Å². The van der Waals surface area contributed by atoms with Crippen molar-refractivity contribution < 1.29 is 9.53 Å². The van der Waals surface area contributed by atoms with Crippen LogP contribution >= 0.6 is 0 Å². The molecule has 1 atom stereocenters. The molecule has 4 heteroatoms. The summed E-state index contributed by atoms with van der Waals surface area (Å²) < 4.78 is 7.13. The molecule has 0 fully saturated rings. The Bertz CT molecular complexity index is 416. The fraction of sp³-hybridized carbons (Fsp3) is 0.714. The van der Waals surface area contributed by atoms with Crippen molar-refractivity contribution in [3.8, 4) is 0 Å². The number of ether oxygens (including phenoxy) is 1. The molecule has 1 heterocycles. The van der Waals surface area contributed by atoms with Crippen molar-refractivity contribution in [3.63, 3.8) is 0 Å². The number of ketones is 1. The zero-order chi connectivity index (χ0) is 13.9. The number of Topliss-reactive ketones (excluding diaryl/α,β-unsaturated/α-hetero) is 1. The van der Waals surface area contributed by atoms with Gasteiger partial charge in [-0.25, -0.2) is 0 Å². The molecular formula is C14H24N2O2. The SMILES string of the molecule is CCc1cc(CC(=O)C(OC)C(C)(C)C)n(C)n1. The van der Waals surface area contributed by atoms with Gasteiger partial charge in [-0.05, 0) is 17.9 Å². The zero-order valence-electron chi connectivity index (χ0n) is 12.3. The molecule has 4 nitrogen and oxygen atoms in total.